The van der Waals surface area contributed by atoms with Gasteiger partial charge in [-0.3, -0.25) is 4.79 Å². The van der Waals surface area contributed by atoms with Crippen molar-refractivity contribution in [2.24, 2.45) is 0 Å². The van der Waals surface area contributed by atoms with Gasteiger partial charge in [-0.25, -0.2) is 0 Å². The van der Waals surface area contributed by atoms with Crippen molar-refractivity contribution in [1.29, 1.82) is 0 Å². The van der Waals surface area contributed by atoms with Crippen LogP contribution in [0.25, 0.3) is 0 Å². The molecule has 0 heterocycles. The van der Waals surface area contributed by atoms with E-state index in [1.54, 1.807) is 18.2 Å². The molecule has 0 saturated carbocycles. The van der Waals surface area contributed by atoms with Crippen molar-refractivity contribution < 1.29 is 14.6 Å². The van der Waals surface area contributed by atoms with Crippen LogP contribution in [0.2, 0.25) is 0 Å². The Bertz CT molecular complexity index is 269. The van der Waals surface area contributed by atoms with Gasteiger partial charge in [0.05, 0.1) is 0 Å². The summed E-state index contributed by atoms with van der Waals surface area (Å²) in [6.45, 7) is 9.56. The van der Waals surface area contributed by atoms with Gasteiger partial charge in [0.25, 0.3) is 6.47 Å². The molecule has 0 aliphatic heterocycles. The molecule has 15 heavy (non-hydrogen) atoms. The molecular weight excluding hydrogens is 192 g/mol. The van der Waals surface area contributed by atoms with Gasteiger partial charge in [-0.15, -0.1) is 6.58 Å². The quantitative estimate of drug-likeness (QED) is 0.602. The van der Waals surface area contributed by atoms with Crippen molar-refractivity contribution in [2.75, 3.05) is 0 Å². The average Bonchev–Trinajstić information content (AvgIpc) is 2.22. The summed E-state index contributed by atoms with van der Waals surface area (Å²) in [5, 5.41) is 8.84. The van der Waals surface area contributed by atoms with E-state index in [2.05, 4.69) is 11.3 Å². The first-order valence-corrected chi connectivity index (χ1v) is 4.71. The van der Waals surface area contributed by atoms with Crippen LogP contribution < -0.4 is 4.74 Å². The summed E-state index contributed by atoms with van der Waals surface area (Å²) in [6, 6.07) is 6.02. The van der Waals surface area contributed by atoms with Crippen LogP contribution in [0.15, 0.2) is 36.9 Å². The molecule has 0 atom stereocenters. The number of hydrogen-bond donors (Lipinski definition) is 1. The molecule has 0 spiro atoms. The molecule has 0 aliphatic carbocycles. The smallest absolute Gasteiger partial charge is 0.298 e. The summed E-state index contributed by atoms with van der Waals surface area (Å²) >= 11 is 0. The molecule has 84 valence electrons. The van der Waals surface area contributed by atoms with Gasteiger partial charge in [0.1, 0.15) is 11.5 Å². The number of rotatable bonds is 2. The van der Waals surface area contributed by atoms with E-state index in [4.69, 9.17) is 5.11 Å². The number of hydrogen-bond acceptors (Lipinski definition) is 3. The van der Waals surface area contributed by atoms with Crippen molar-refractivity contribution in [1.82, 2.24) is 0 Å². The van der Waals surface area contributed by atoms with Crippen LogP contribution in [0, 0.1) is 0 Å². The Morgan fingerprint density at radius 3 is 2.33 bits per heavy atom. The maximum Gasteiger partial charge on any atom is 0.298 e. The lowest BCUT2D eigenvalue weighted by atomic mass is 10.3. The monoisotopic (exact) mass is 210 g/mol. The maximum atomic E-state index is 9.78. The first-order valence-electron chi connectivity index (χ1n) is 4.71. The molecule has 1 rings (SSSR count). The zero-order chi connectivity index (χ0) is 12.1. The van der Waals surface area contributed by atoms with Crippen molar-refractivity contribution in [2.45, 2.75) is 20.8 Å². The molecule has 0 unspecified atom stereocenters. The third-order valence-electron chi connectivity index (χ3n) is 1.00. The zero-order valence-electron chi connectivity index (χ0n) is 9.43. The molecule has 0 amide bonds. The van der Waals surface area contributed by atoms with Gasteiger partial charge in [-0.1, -0.05) is 26.0 Å². The Balaban J connectivity index is 0. The summed E-state index contributed by atoms with van der Waals surface area (Å²) in [6.07, 6.45) is 1.75. The second-order valence-electron chi connectivity index (χ2n) is 2.12. The van der Waals surface area contributed by atoms with Crippen LogP contribution in [0.3, 0.4) is 0 Å². The minimum Gasteiger partial charge on any atom is -0.508 e. The second kappa shape index (κ2) is 12.2. The number of aromatic hydroxyl groups is 1. The van der Waals surface area contributed by atoms with E-state index in [9.17, 15) is 4.79 Å². The molecule has 0 saturated heterocycles. The number of phenolic OH excluding ortho intramolecular Hbond substituents is 1. The third-order valence-corrected chi connectivity index (χ3v) is 1.00. The van der Waals surface area contributed by atoms with Crippen LogP contribution in [0.5, 0.6) is 11.5 Å². The summed E-state index contributed by atoms with van der Waals surface area (Å²) in [5.74, 6) is 0.425. The molecular formula is C12H18O3. The van der Waals surface area contributed by atoms with Gasteiger partial charge in [0, 0.05) is 6.07 Å². The molecule has 1 aromatic carbocycles. The third kappa shape index (κ3) is 10.1. The van der Waals surface area contributed by atoms with E-state index in [1.807, 2.05) is 20.8 Å². The maximum absolute atomic E-state index is 9.78. The van der Waals surface area contributed by atoms with Gasteiger partial charge in [-0.2, -0.15) is 0 Å². The van der Waals surface area contributed by atoms with Crippen molar-refractivity contribution in [3.63, 3.8) is 0 Å². The summed E-state index contributed by atoms with van der Waals surface area (Å²) in [5.41, 5.74) is 0. The van der Waals surface area contributed by atoms with Crippen LogP contribution in [-0.2, 0) is 4.79 Å². The lowest BCUT2D eigenvalue weighted by molar-refractivity contribution is -0.120. The molecule has 0 bridgehead atoms. The van der Waals surface area contributed by atoms with Gasteiger partial charge in [-0.05, 0) is 19.1 Å². The molecule has 3 nitrogen and oxygen atoms in total. The molecule has 0 fully saturated rings. The fraction of sp³-hybridized carbons (Fsp3) is 0.250. The second-order valence-corrected chi connectivity index (χ2v) is 2.12. The standard InChI is InChI=1S/C7H6O3.C3H6.C2H6/c8-5-10-7-3-1-2-6(9)4-7;1-3-2;1-2/h1-5,9H;3H,1H2,2H3;1-2H3. The fourth-order valence-corrected chi connectivity index (χ4v) is 0.612. The summed E-state index contributed by atoms with van der Waals surface area (Å²) in [7, 11) is 0. The normalized spacial score (nSPS) is 7.13. The van der Waals surface area contributed by atoms with E-state index in [-0.39, 0.29) is 5.75 Å². The number of allylic oxidation sites excluding steroid dienone is 1. The number of ether oxygens (including phenoxy) is 1. The Morgan fingerprint density at radius 2 is 1.93 bits per heavy atom. The topological polar surface area (TPSA) is 46.5 Å². The molecule has 0 aliphatic rings. The van der Waals surface area contributed by atoms with Crippen LogP contribution in [0.1, 0.15) is 20.8 Å². The number of carbonyl (C=O) groups excluding carboxylic acids is 1. The minimum absolute atomic E-state index is 0.0827. The van der Waals surface area contributed by atoms with Crippen LogP contribution >= 0.6 is 0 Å². The van der Waals surface area contributed by atoms with E-state index in [0.29, 0.717) is 12.2 Å². The fourth-order valence-electron chi connectivity index (χ4n) is 0.612. The molecule has 0 radical (unpaired) electrons. The predicted molar refractivity (Wildman–Crippen MR) is 62.0 cm³/mol. The lowest BCUT2D eigenvalue weighted by Crippen LogP contribution is -1.86. The van der Waals surface area contributed by atoms with Crippen molar-refractivity contribution in [3.8, 4) is 11.5 Å². The van der Waals surface area contributed by atoms with Crippen molar-refractivity contribution >= 4 is 6.47 Å². The zero-order valence-corrected chi connectivity index (χ0v) is 9.43. The van der Waals surface area contributed by atoms with Gasteiger partial charge in [0.15, 0.2) is 0 Å². The van der Waals surface area contributed by atoms with Crippen LogP contribution in [0.4, 0.5) is 0 Å². The molecule has 3 heteroatoms. The summed E-state index contributed by atoms with van der Waals surface area (Å²) < 4.78 is 4.45. The van der Waals surface area contributed by atoms with E-state index >= 15 is 0 Å². The number of carbonyl (C=O) groups is 1. The Labute approximate surface area is 91.0 Å². The highest BCUT2D eigenvalue weighted by Gasteiger charge is 1.91. The van der Waals surface area contributed by atoms with Crippen molar-refractivity contribution in [3.05, 3.63) is 36.9 Å². The van der Waals surface area contributed by atoms with Crippen LogP contribution in [-0.4, -0.2) is 11.6 Å². The SMILES string of the molecule is C=CC.CC.O=COc1cccc(O)c1. The highest BCUT2D eigenvalue weighted by atomic mass is 16.5. The first-order chi connectivity index (χ1) is 7.24. The number of benzene rings is 1. The molecule has 0 aromatic heterocycles. The molecule has 1 aromatic rings. The summed E-state index contributed by atoms with van der Waals surface area (Å²) in [4.78, 5) is 9.78. The Kier molecular flexibility index (Phi) is 12.8. The van der Waals surface area contributed by atoms with E-state index in [0.717, 1.165) is 0 Å². The Hall–Kier alpha value is -1.77. The van der Waals surface area contributed by atoms with E-state index < -0.39 is 0 Å². The first kappa shape index (κ1) is 15.7. The van der Waals surface area contributed by atoms with E-state index in [1.165, 1.54) is 12.1 Å². The van der Waals surface area contributed by atoms with Gasteiger partial charge in [0.2, 0.25) is 0 Å². The Morgan fingerprint density at radius 1 is 1.40 bits per heavy atom. The largest absolute Gasteiger partial charge is 0.508 e. The lowest BCUT2D eigenvalue weighted by Gasteiger charge is -1.95. The van der Waals surface area contributed by atoms with Gasteiger partial charge < -0.3 is 9.84 Å². The minimum atomic E-state index is 0.0827. The highest BCUT2D eigenvalue weighted by Crippen LogP contribution is 2.16. The average molecular weight is 210 g/mol. The highest BCUT2D eigenvalue weighted by molar-refractivity contribution is 5.46. The number of phenols is 1. The molecule has 1 N–H and O–H groups in total. The van der Waals surface area contributed by atoms with Gasteiger partial charge >= 0.3 is 0 Å². The predicted octanol–water partition coefficient (Wildman–Crippen LogP) is 3.15.